The minimum Gasteiger partial charge on any atom is -0.353 e. The highest BCUT2D eigenvalue weighted by Crippen LogP contribution is 2.31. The number of hydrogen-bond donors (Lipinski definition) is 0. The molecule has 3 aromatic heterocycles. The van der Waals surface area contributed by atoms with Crippen molar-refractivity contribution < 1.29 is 12.9 Å². The molecule has 1 aliphatic rings. The van der Waals surface area contributed by atoms with Gasteiger partial charge in [-0.1, -0.05) is 35.3 Å². The minimum atomic E-state index is -3.54. The summed E-state index contributed by atoms with van der Waals surface area (Å²) in [5.41, 5.74) is 0.665. The number of thiophene rings is 1. The Labute approximate surface area is 182 Å². The van der Waals surface area contributed by atoms with Crippen LogP contribution in [0, 0.1) is 0 Å². The summed E-state index contributed by atoms with van der Waals surface area (Å²) in [5, 5.41) is 4.38. The van der Waals surface area contributed by atoms with E-state index < -0.39 is 10.0 Å². The van der Waals surface area contributed by atoms with Crippen molar-refractivity contribution in [2.45, 2.75) is 17.6 Å². The lowest BCUT2D eigenvalue weighted by molar-refractivity contribution is 0.383. The molecular formula is C17H17Cl2N5O3S2. The van der Waals surface area contributed by atoms with E-state index in [1.54, 1.807) is 18.3 Å². The van der Waals surface area contributed by atoms with Gasteiger partial charge in [-0.15, -0.1) is 11.3 Å². The van der Waals surface area contributed by atoms with Crippen LogP contribution >= 0.6 is 34.5 Å². The fraction of sp³-hybridized carbons (Fsp3) is 0.353. The summed E-state index contributed by atoms with van der Waals surface area (Å²) in [7, 11) is -3.54. The maximum Gasteiger partial charge on any atom is 0.252 e. The second kappa shape index (κ2) is 8.19. The van der Waals surface area contributed by atoms with Crippen molar-refractivity contribution >= 4 is 50.4 Å². The molecule has 0 amide bonds. The summed E-state index contributed by atoms with van der Waals surface area (Å²) in [6.07, 6.45) is 2.29. The number of rotatable bonds is 5. The molecule has 0 aromatic carbocycles. The van der Waals surface area contributed by atoms with E-state index in [-0.39, 0.29) is 4.21 Å². The number of pyridine rings is 1. The number of halogens is 2. The Hall–Kier alpha value is -1.72. The Kier molecular flexibility index (Phi) is 5.80. The first kappa shape index (κ1) is 20.5. The summed E-state index contributed by atoms with van der Waals surface area (Å²) in [6.45, 7) is 3.56. The number of sulfonamides is 1. The van der Waals surface area contributed by atoms with Gasteiger partial charge >= 0.3 is 0 Å². The summed E-state index contributed by atoms with van der Waals surface area (Å²) < 4.78 is 32.8. The molecule has 4 heterocycles. The Morgan fingerprint density at radius 2 is 1.97 bits per heavy atom. The minimum absolute atomic E-state index is 0.253. The summed E-state index contributed by atoms with van der Waals surface area (Å²) in [4.78, 5) is 10.7. The van der Waals surface area contributed by atoms with Crippen LogP contribution in [0.4, 0.5) is 5.82 Å². The molecule has 1 saturated heterocycles. The van der Waals surface area contributed by atoms with Gasteiger partial charge in [0.15, 0.2) is 0 Å². The lowest BCUT2D eigenvalue weighted by Gasteiger charge is -2.34. The van der Waals surface area contributed by atoms with Crippen molar-refractivity contribution in [3.8, 4) is 11.4 Å². The van der Waals surface area contributed by atoms with Gasteiger partial charge in [-0.2, -0.15) is 9.29 Å². The Balaban J connectivity index is 1.47. The first-order chi connectivity index (χ1) is 13.9. The van der Waals surface area contributed by atoms with Crippen LogP contribution in [0.25, 0.3) is 11.4 Å². The van der Waals surface area contributed by atoms with Gasteiger partial charge in [-0.25, -0.2) is 13.4 Å². The number of piperazine rings is 1. The van der Waals surface area contributed by atoms with E-state index in [1.165, 1.54) is 10.4 Å². The van der Waals surface area contributed by atoms with Gasteiger partial charge in [0.2, 0.25) is 11.7 Å². The zero-order valence-electron chi connectivity index (χ0n) is 15.4. The molecule has 8 nitrogen and oxygen atoms in total. The Morgan fingerprint density at radius 3 is 2.55 bits per heavy atom. The predicted octanol–water partition coefficient (Wildman–Crippen LogP) is 3.57. The molecule has 1 fully saturated rings. The molecule has 154 valence electrons. The molecular weight excluding hydrogens is 457 g/mol. The molecule has 0 radical (unpaired) electrons. The highest BCUT2D eigenvalue weighted by atomic mass is 35.5. The standard InChI is InChI=1S/C17H17Cl2N5O3S2/c1-2-14-21-16(22-27-14)11-9-12(18)17(20-10-11)23-5-7-24(8-6-23)29(25,26)15-4-3-13(19)28-15/h3-4,9-10H,2,5-8H2,1H3. The van der Waals surface area contributed by atoms with Crippen LogP contribution in [0.2, 0.25) is 9.36 Å². The van der Waals surface area contributed by atoms with Gasteiger partial charge in [0.05, 0.1) is 9.36 Å². The van der Waals surface area contributed by atoms with Crippen molar-refractivity contribution in [1.29, 1.82) is 0 Å². The average Bonchev–Trinajstić information content (AvgIpc) is 3.37. The molecule has 4 rings (SSSR count). The zero-order valence-corrected chi connectivity index (χ0v) is 18.5. The van der Waals surface area contributed by atoms with Crippen molar-refractivity contribution in [3.05, 3.63) is 39.6 Å². The quantitative estimate of drug-likeness (QED) is 0.558. The van der Waals surface area contributed by atoms with Gasteiger partial charge in [0.1, 0.15) is 10.0 Å². The topological polar surface area (TPSA) is 92.4 Å². The van der Waals surface area contributed by atoms with E-state index in [0.29, 0.717) is 65.1 Å². The fourth-order valence-electron chi connectivity index (χ4n) is 3.01. The maximum absolute atomic E-state index is 12.7. The van der Waals surface area contributed by atoms with Crippen LogP contribution in [-0.4, -0.2) is 54.0 Å². The molecule has 0 atom stereocenters. The second-order valence-electron chi connectivity index (χ2n) is 6.34. The third kappa shape index (κ3) is 4.13. The molecule has 0 unspecified atom stereocenters. The van der Waals surface area contributed by atoms with Crippen molar-refractivity contribution in [2.24, 2.45) is 0 Å². The van der Waals surface area contributed by atoms with E-state index in [4.69, 9.17) is 27.7 Å². The Morgan fingerprint density at radius 1 is 1.21 bits per heavy atom. The van der Waals surface area contributed by atoms with Gasteiger partial charge in [0, 0.05) is 44.4 Å². The largest absolute Gasteiger partial charge is 0.353 e. The van der Waals surface area contributed by atoms with Gasteiger partial charge < -0.3 is 9.42 Å². The molecule has 0 bridgehead atoms. The number of anilines is 1. The van der Waals surface area contributed by atoms with Crippen LogP contribution in [0.5, 0.6) is 0 Å². The second-order valence-corrected chi connectivity index (χ2v) is 10.6. The maximum atomic E-state index is 12.7. The summed E-state index contributed by atoms with van der Waals surface area (Å²) >= 11 is 13.4. The van der Waals surface area contributed by atoms with Crippen LogP contribution in [0.3, 0.4) is 0 Å². The molecule has 0 N–H and O–H groups in total. The predicted molar refractivity (Wildman–Crippen MR) is 112 cm³/mol. The lowest BCUT2D eigenvalue weighted by atomic mass is 10.2. The van der Waals surface area contributed by atoms with Crippen LogP contribution < -0.4 is 4.90 Å². The van der Waals surface area contributed by atoms with Crippen molar-refractivity contribution in [1.82, 2.24) is 19.4 Å². The molecule has 0 spiro atoms. The molecule has 0 aliphatic carbocycles. The highest BCUT2D eigenvalue weighted by Gasteiger charge is 2.30. The number of hydrogen-bond acceptors (Lipinski definition) is 8. The first-order valence-electron chi connectivity index (χ1n) is 8.87. The van der Waals surface area contributed by atoms with Crippen molar-refractivity contribution in [3.63, 3.8) is 0 Å². The zero-order chi connectivity index (χ0) is 20.6. The van der Waals surface area contributed by atoms with Gasteiger partial charge in [-0.05, 0) is 18.2 Å². The van der Waals surface area contributed by atoms with E-state index in [0.717, 1.165) is 11.3 Å². The number of aromatic nitrogens is 3. The SMILES string of the molecule is CCc1nc(-c2cnc(N3CCN(S(=O)(=O)c4ccc(Cl)s4)CC3)c(Cl)c2)no1. The van der Waals surface area contributed by atoms with Crippen LogP contribution in [0.15, 0.2) is 33.1 Å². The molecule has 12 heteroatoms. The first-order valence-corrected chi connectivity index (χ1v) is 11.9. The van der Waals surface area contributed by atoms with E-state index >= 15 is 0 Å². The average molecular weight is 474 g/mol. The third-order valence-electron chi connectivity index (χ3n) is 4.53. The highest BCUT2D eigenvalue weighted by molar-refractivity contribution is 7.91. The van der Waals surface area contributed by atoms with E-state index in [1.807, 2.05) is 11.8 Å². The van der Waals surface area contributed by atoms with Crippen molar-refractivity contribution in [2.75, 3.05) is 31.1 Å². The Bertz CT molecular complexity index is 1120. The summed E-state index contributed by atoms with van der Waals surface area (Å²) in [6, 6.07) is 4.87. The van der Waals surface area contributed by atoms with Crippen LogP contribution in [0.1, 0.15) is 12.8 Å². The molecule has 29 heavy (non-hydrogen) atoms. The van der Waals surface area contributed by atoms with Gasteiger partial charge in [-0.3, -0.25) is 0 Å². The molecule has 1 aliphatic heterocycles. The van der Waals surface area contributed by atoms with E-state index in [2.05, 4.69) is 15.1 Å². The number of nitrogens with zero attached hydrogens (tertiary/aromatic N) is 5. The fourth-order valence-corrected chi connectivity index (χ4v) is 6.35. The monoisotopic (exact) mass is 473 g/mol. The third-order valence-corrected chi connectivity index (χ3v) is 8.41. The van der Waals surface area contributed by atoms with Crippen LogP contribution in [-0.2, 0) is 16.4 Å². The smallest absolute Gasteiger partial charge is 0.252 e. The number of aryl methyl sites for hydroxylation is 1. The van der Waals surface area contributed by atoms with Gasteiger partial charge in [0.25, 0.3) is 10.0 Å². The summed E-state index contributed by atoms with van der Waals surface area (Å²) in [5.74, 6) is 1.59. The molecule has 0 saturated carbocycles. The van der Waals surface area contributed by atoms with E-state index in [9.17, 15) is 8.42 Å². The lowest BCUT2D eigenvalue weighted by Crippen LogP contribution is -2.48. The normalized spacial score (nSPS) is 15.8. The molecule has 3 aromatic rings.